The van der Waals surface area contributed by atoms with Crippen molar-refractivity contribution in [3.8, 4) is 0 Å². The van der Waals surface area contributed by atoms with Crippen molar-refractivity contribution in [1.29, 1.82) is 0 Å². The Bertz CT molecular complexity index is 3950. The van der Waals surface area contributed by atoms with Crippen LogP contribution in [-0.4, -0.2) is 337 Å². The van der Waals surface area contributed by atoms with E-state index in [-0.39, 0.29) is 25.8 Å². The molecule has 1 aliphatic heterocycles. The molecule has 50 nitrogen and oxygen atoms in total. The third kappa shape index (κ3) is 38.2. The predicted octanol–water partition coefficient (Wildman–Crippen LogP) is -12.6. The summed E-state index contributed by atoms with van der Waals surface area (Å²) < 4.78 is 0. The molecule has 0 saturated carbocycles. The molecule has 1 aromatic rings. The molecule has 704 valence electrons. The van der Waals surface area contributed by atoms with Gasteiger partial charge in [0.25, 0.3) is 0 Å². The average molecular weight is 1830 g/mol. The minimum absolute atomic E-state index is 0.197. The maximum atomic E-state index is 14.8. The van der Waals surface area contributed by atoms with Crippen LogP contribution in [0.1, 0.15) is 112 Å². The van der Waals surface area contributed by atoms with E-state index in [0.717, 1.165) is 13.8 Å². The molecule has 2 rings (SSSR count). The van der Waals surface area contributed by atoms with Gasteiger partial charge in [-0.3, -0.25) is 107 Å². The van der Waals surface area contributed by atoms with Crippen LogP contribution < -0.4 is 102 Å². The fourth-order valence-electron chi connectivity index (χ4n) is 11.5. The first-order valence-corrected chi connectivity index (χ1v) is 41.9. The third-order valence-corrected chi connectivity index (χ3v) is 21.8. The lowest BCUT2D eigenvalue weighted by Crippen LogP contribution is -2.63. The lowest BCUT2D eigenvalue weighted by molar-refractivity contribution is -0.142. The van der Waals surface area contributed by atoms with Crippen LogP contribution in [0, 0.1) is 17.8 Å². The molecule has 0 radical (unpaired) electrons. The minimum atomic E-state index is -2.23. The van der Waals surface area contributed by atoms with Crippen molar-refractivity contribution in [1.82, 2.24) is 95.9 Å². The molecule has 20 atom stereocenters. The summed E-state index contributed by atoms with van der Waals surface area (Å²) in [5.74, 6) is -26.7. The lowest BCUT2D eigenvalue weighted by Gasteiger charge is -2.33. The highest BCUT2D eigenvalue weighted by atomic mass is 33.1. The Balaban J connectivity index is 2.44. The normalized spacial score (nSPS) is 18.4. The summed E-state index contributed by atoms with van der Waals surface area (Å²) in [5.41, 5.74) is 10.5. The van der Waals surface area contributed by atoms with Gasteiger partial charge in [0, 0.05) is 12.8 Å². The van der Waals surface area contributed by atoms with Gasteiger partial charge in [0.05, 0.1) is 77.7 Å². The SMILES string of the molecule is CC[C@H](C)[C@H](NC(=O)[C@H](CC(=O)O)NC(=O)[C@H](CCC(=O)O)NNCC=O)C(=O)N[C@H](C(=O)NCC(=O)N[C@@H](C)C(=O)N[C@@H](CO)C(=O)N[C@@H](CO)C(=O)N[C@@H](CC(=O)O)C(=O)C1N[C@@H](CO)C(=O)N[C@@H]([C@@H](C)O)C(=O)C(N[C@@H](Cc2ccccc2)C(=O)N[C@H](C(=O)N[C@@H](CO)C(=O)N[C@@H](CCC(N)=O)C(=O)N[C@@H](CO)C(=O)NCC=O)C(C)C)SS1)[C@@H](C)CC. The molecule has 1 heterocycles. The molecule has 29 N–H and O–H groups in total. The number of hydrogen-bond donors (Lipinski definition) is 28. The Kier molecular flexibility index (Phi) is 50.4. The van der Waals surface area contributed by atoms with E-state index in [0.29, 0.717) is 39.7 Å². The number of hydrazine groups is 1. The Morgan fingerprint density at radius 2 is 0.929 bits per heavy atom. The highest BCUT2D eigenvalue weighted by molar-refractivity contribution is 8.77. The lowest BCUT2D eigenvalue weighted by atomic mass is 9.94. The first-order chi connectivity index (χ1) is 59.4. The van der Waals surface area contributed by atoms with Crippen LogP contribution in [0.15, 0.2) is 30.3 Å². The van der Waals surface area contributed by atoms with Crippen LogP contribution in [0.5, 0.6) is 0 Å². The number of benzene rings is 1. The van der Waals surface area contributed by atoms with Gasteiger partial charge in [-0.1, -0.05) is 106 Å². The average Bonchev–Trinajstić information content (AvgIpc) is 0.820. The minimum Gasteiger partial charge on any atom is -0.481 e. The number of carbonyl (C=O) groups excluding carboxylic acids is 19. The van der Waals surface area contributed by atoms with Crippen LogP contribution in [-0.2, 0) is 112 Å². The van der Waals surface area contributed by atoms with E-state index in [1.54, 1.807) is 44.2 Å². The number of primary amides is 1. The first-order valence-electron chi connectivity index (χ1n) is 39.6. The van der Waals surface area contributed by atoms with Crippen LogP contribution in [0.4, 0.5) is 0 Å². The van der Waals surface area contributed by atoms with E-state index >= 15 is 0 Å². The largest absolute Gasteiger partial charge is 0.481 e. The summed E-state index contributed by atoms with van der Waals surface area (Å²) in [7, 11) is 0.763. The van der Waals surface area contributed by atoms with Gasteiger partial charge in [-0.25, -0.2) is 10.9 Å². The zero-order valence-electron chi connectivity index (χ0n) is 70.1. The van der Waals surface area contributed by atoms with Crippen molar-refractivity contribution in [2.45, 2.75) is 221 Å². The van der Waals surface area contributed by atoms with Gasteiger partial charge in [0.15, 0.2) is 11.6 Å². The van der Waals surface area contributed by atoms with E-state index in [2.05, 4.69) is 90.6 Å². The van der Waals surface area contributed by atoms with Gasteiger partial charge in [-0.15, -0.1) is 0 Å². The number of aliphatic hydroxyl groups excluding tert-OH is 6. The molecule has 1 fully saturated rings. The first kappa shape index (κ1) is 111. The van der Waals surface area contributed by atoms with E-state index < -0.39 is 328 Å². The van der Waals surface area contributed by atoms with Crippen molar-refractivity contribution in [2.24, 2.45) is 23.5 Å². The maximum absolute atomic E-state index is 14.8. The Hall–Kier alpha value is -11.3. The number of aldehydes is 2. The summed E-state index contributed by atoms with van der Waals surface area (Å²) >= 11 is 0. The van der Waals surface area contributed by atoms with Crippen LogP contribution in [0.3, 0.4) is 0 Å². The van der Waals surface area contributed by atoms with Gasteiger partial charge in [-0.05, 0) is 56.4 Å². The Morgan fingerprint density at radius 1 is 0.484 bits per heavy atom. The van der Waals surface area contributed by atoms with E-state index in [1.807, 2.05) is 5.32 Å². The Morgan fingerprint density at radius 3 is 1.43 bits per heavy atom. The molecule has 2 unspecified atom stereocenters. The fraction of sp³-hybridized carbons (Fsp3) is 0.622. The van der Waals surface area contributed by atoms with E-state index in [1.165, 1.54) is 27.7 Å². The summed E-state index contributed by atoms with van der Waals surface area (Å²) in [4.78, 5) is 291. The highest BCUT2D eigenvalue weighted by Crippen LogP contribution is 2.33. The van der Waals surface area contributed by atoms with Gasteiger partial charge >= 0.3 is 17.9 Å². The number of nitrogens with one attached hydrogen (secondary N) is 18. The number of ketones is 2. The van der Waals surface area contributed by atoms with Crippen LogP contribution >= 0.6 is 21.6 Å². The number of rotatable bonds is 58. The molecule has 0 bridgehead atoms. The molecule has 1 aliphatic rings. The molecule has 52 heteroatoms. The third-order valence-electron chi connectivity index (χ3n) is 19.1. The second-order valence-electron chi connectivity index (χ2n) is 29.2. The molecular formula is C74H115N19O31S2. The smallest absolute Gasteiger partial charge is 0.305 e. The van der Waals surface area contributed by atoms with Crippen LogP contribution in [0.2, 0.25) is 0 Å². The fourth-order valence-corrected chi connectivity index (χ4v) is 14.2. The van der Waals surface area contributed by atoms with Crippen molar-refractivity contribution in [3.05, 3.63) is 35.9 Å². The molecule has 126 heavy (non-hydrogen) atoms. The highest BCUT2D eigenvalue weighted by Gasteiger charge is 2.44. The summed E-state index contributed by atoms with van der Waals surface area (Å²) in [6, 6.07) is -18.8. The molecule has 0 aliphatic carbocycles. The van der Waals surface area contributed by atoms with Gasteiger partial charge in [0.1, 0.15) is 108 Å². The second-order valence-corrected chi connectivity index (χ2v) is 31.7. The number of aliphatic carboxylic acids is 3. The Labute approximate surface area is 729 Å². The number of nitrogens with two attached hydrogens (primary N) is 1. The van der Waals surface area contributed by atoms with Gasteiger partial charge in [-0.2, -0.15) is 0 Å². The zero-order chi connectivity index (χ0) is 95.4. The summed E-state index contributed by atoms with van der Waals surface area (Å²) in [6.45, 7) is 3.71. The zero-order valence-corrected chi connectivity index (χ0v) is 71.7. The molecule has 1 aromatic carbocycles. The van der Waals surface area contributed by atoms with Crippen molar-refractivity contribution in [3.63, 3.8) is 0 Å². The molecule has 0 spiro atoms. The van der Waals surface area contributed by atoms with Gasteiger partial charge < -0.3 is 136 Å². The number of hydrogen-bond acceptors (Lipinski definition) is 34. The summed E-state index contributed by atoms with van der Waals surface area (Å²) in [5, 5.41) is 124. The molecule has 1 saturated heterocycles. The number of amides is 15. The maximum Gasteiger partial charge on any atom is 0.305 e. The summed E-state index contributed by atoms with van der Waals surface area (Å²) in [6.07, 6.45) is -5.35. The van der Waals surface area contributed by atoms with Crippen molar-refractivity contribution < 1.29 is 151 Å². The quantitative estimate of drug-likeness (QED) is 0.0125. The number of carboxylic acid groups (broad SMARTS) is 3. The van der Waals surface area contributed by atoms with Gasteiger partial charge in [0.2, 0.25) is 88.6 Å². The second kappa shape index (κ2) is 57.3. The van der Waals surface area contributed by atoms with Crippen molar-refractivity contribution >= 4 is 152 Å². The molecular weight excluding hydrogens is 1720 g/mol. The standard InChI is InChI=1S/C74H115N19O31S2/c1-9-34(5)55(91-72(124)56(35(6)10-2)90-65(117)43(26-53(108)109)82-63(115)40(17-19-51(104)105)93-78-21-23-95)70(122)77-27-50(103)79-36(7)60(112)83-45(29-97)68(120)85-46(30-98)67(119)81-41(25-52(106)107)58(110)73-88-48(32-100)69(121)92-57(37(8)101)59(111)74(126-125-73)87-42(24-38-14-12-11-13-15-38)64(116)89-54(33(3)4)71(123)86-47(31-99)66(118)80-39(16-18-49(75)102)62(114)84-44(28-96)61(113)76-20-22-94/h11-15,22-23,33-37,39-48,54-57,73-74,78,87-88,93,96-101H,9-10,16-21,24-32H2,1-8H3,(H2,75,102)(H,76,113)(H,77,122)(H,79,103)(H,80,118)(H,81,119)(H,82,115)(H,83,112)(H,84,114)(H,85,120)(H,86,123)(H,89,116)(H,90,117)(H,91,124)(H,92,121)(H,104,105)(H,106,107)(H,108,109)/t34-,35-,36-,37+,39-,40-,41-,42-,43-,44-,45-,46-,47-,48-,54-,55-,56-,57-,73?,74?/m0/s1. The molecule has 15 amide bonds. The predicted molar refractivity (Wildman–Crippen MR) is 439 cm³/mol. The van der Waals surface area contributed by atoms with Crippen molar-refractivity contribution in [2.75, 3.05) is 52.7 Å². The van der Waals surface area contributed by atoms with E-state index in [4.69, 9.17) is 5.73 Å². The number of Topliss-reactive ketones (excluding diaryl/α,β-unsaturated/α-hetero) is 2. The number of carboxylic acids is 3. The molecule has 0 aromatic heterocycles. The number of carbonyl (C=O) groups is 22. The topological polar surface area (TPSA) is 800 Å². The van der Waals surface area contributed by atoms with Crippen LogP contribution in [0.25, 0.3) is 0 Å². The number of aliphatic hydroxyl groups is 6. The monoisotopic (exact) mass is 1830 g/mol. The van der Waals surface area contributed by atoms with E-state index in [9.17, 15) is 151 Å².